The molecule has 0 unspecified atom stereocenters. The van der Waals surface area contributed by atoms with Crippen LogP contribution in [0.2, 0.25) is 0 Å². The molecule has 0 heterocycles. The lowest BCUT2D eigenvalue weighted by Crippen LogP contribution is -2.43. The molecule has 108 valence electrons. The van der Waals surface area contributed by atoms with Gasteiger partial charge in [-0.2, -0.15) is 0 Å². The minimum Gasteiger partial charge on any atom is -0.359 e. The molecule has 0 radical (unpaired) electrons. The topological polar surface area (TPSA) is 70.2 Å². The highest BCUT2D eigenvalue weighted by Crippen LogP contribution is 2.46. The van der Waals surface area contributed by atoms with Crippen LogP contribution in [0.4, 0.5) is 9.18 Å². The SMILES string of the molecule is O=CNCCCNC(=O)NC1(c2ccccc2F)CC1. The monoisotopic (exact) mass is 279 g/mol. The average Bonchev–Trinajstić information content (AvgIpc) is 3.19. The lowest BCUT2D eigenvalue weighted by atomic mass is 10.0. The highest BCUT2D eigenvalue weighted by molar-refractivity contribution is 5.75. The molecule has 0 aromatic heterocycles. The van der Waals surface area contributed by atoms with Crippen molar-refractivity contribution < 1.29 is 14.0 Å². The molecule has 1 aliphatic carbocycles. The van der Waals surface area contributed by atoms with Crippen molar-refractivity contribution in [3.05, 3.63) is 35.6 Å². The molecule has 1 aliphatic rings. The molecule has 20 heavy (non-hydrogen) atoms. The lowest BCUT2D eigenvalue weighted by Gasteiger charge is -2.19. The molecule has 5 nitrogen and oxygen atoms in total. The number of benzene rings is 1. The van der Waals surface area contributed by atoms with Crippen LogP contribution >= 0.6 is 0 Å². The van der Waals surface area contributed by atoms with Gasteiger partial charge in [0.2, 0.25) is 6.41 Å². The van der Waals surface area contributed by atoms with E-state index in [9.17, 15) is 14.0 Å². The van der Waals surface area contributed by atoms with Crippen molar-refractivity contribution in [1.82, 2.24) is 16.0 Å². The highest BCUT2D eigenvalue weighted by Gasteiger charge is 2.47. The Morgan fingerprint density at radius 2 is 2.05 bits per heavy atom. The summed E-state index contributed by atoms with van der Waals surface area (Å²) in [6, 6.07) is 6.20. The summed E-state index contributed by atoms with van der Waals surface area (Å²) in [5.74, 6) is -0.291. The summed E-state index contributed by atoms with van der Waals surface area (Å²) in [7, 11) is 0. The van der Waals surface area contributed by atoms with Crippen LogP contribution in [0.1, 0.15) is 24.8 Å². The van der Waals surface area contributed by atoms with Gasteiger partial charge >= 0.3 is 6.03 Å². The molecule has 6 heteroatoms. The van der Waals surface area contributed by atoms with Gasteiger partial charge in [-0.25, -0.2) is 9.18 Å². The third kappa shape index (κ3) is 3.46. The normalized spacial score (nSPS) is 15.2. The zero-order valence-corrected chi connectivity index (χ0v) is 11.1. The van der Waals surface area contributed by atoms with Crippen molar-refractivity contribution in [1.29, 1.82) is 0 Å². The number of rotatable bonds is 7. The summed E-state index contributed by atoms with van der Waals surface area (Å²) in [5, 5.41) is 8.05. The lowest BCUT2D eigenvalue weighted by molar-refractivity contribution is -0.109. The van der Waals surface area contributed by atoms with E-state index in [2.05, 4.69) is 16.0 Å². The number of amides is 3. The first kappa shape index (κ1) is 14.3. The smallest absolute Gasteiger partial charge is 0.315 e. The maximum Gasteiger partial charge on any atom is 0.315 e. The predicted molar refractivity (Wildman–Crippen MR) is 72.5 cm³/mol. The van der Waals surface area contributed by atoms with Crippen molar-refractivity contribution in [2.45, 2.75) is 24.8 Å². The molecule has 3 N–H and O–H groups in total. The summed E-state index contributed by atoms with van der Waals surface area (Å²) < 4.78 is 13.8. The minimum atomic E-state index is -0.559. The van der Waals surface area contributed by atoms with E-state index in [0.717, 1.165) is 12.8 Å². The molecule has 1 saturated carbocycles. The molecule has 0 bridgehead atoms. The zero-order valence-electron chi connectivity index (χ0n) is 11.1. The van der Waals surface area contributed by atoms with Gasteiger partial charge in [0.25, 0.3) is 0 Å². The molecule has 1 aromatic carbocycles. The maximum absolute atomic E-state index is 13.8. The predicted octanol–water partition coefficient (Wildman–Crippen LogP) is 1.25. The Morgan fingerprint density at radius 1 is 1.30 bits per heavy atom. The van der Waals surface area contributed by atoms with Gasteiger partial charge < -0.3 is 16.0 Å². The largest absolute Gasteiger partial charge is 0.359 e. The van der Waals surface area contributed by atoms with Gasteiger partial charge in [-0.15, -0.1) is 0 Å². The van der Waals surface area contributed by atoms with Crippen LogP contribution in [0.15, 0.2) is 24.3 Å². The first-order valence-electron chi connectivity index (χ1n) is 6.66. The number of hydrogen-bond donors (Lipinski definition) is 3. The van der Waals surface area contributed by atoms with Crippen LogP contribution < -0.4 is 16.0 Å². The van der Waals surface area contributed by atoms with Gasteiger partial charge in [0.05, 0.1) is 5.54 Å². The standard InChI is InChI=1S/C14H18FN3O2/c15-12-5-2-1-4-11(12)14(6-7-14)18-13(20)17-9-3-8-16-10-19/h1-2,4-5,10H,3,6-9H2,(H,16,19)(H2,17,18,20). The van der Waals surface area contributed by atoms with Crippen molar-refractivity contribution >= 4 is 12.4 Å². The van der Waals surface area contributed by atoms with Gasteiger partial charge in [0, 0.05) is 18.7 Å². The van der Waals surface area contributed by atoms with Crippen LogP contribution in [0.5, 0.6) is 0 Å². The van der Waals surface area contributed by atoms with Crippen LogP contribution in [0, 0.1) is 5.82 Å². The van der Waals surface area contributed by atoms with E-state index in [-0.39, 0.29) is 11.8 Å². The Labute approximate surface area is 116 Å². The second-order valence-electron chi connectivity index (χ2n) is 4.87. The summed E-state index contributed by atoms with van der Waals surface area (Å²) in [6.45, 7) is 0.974. The number of carbonyl (C=O) groups is 2. The molecule has 1 fully saturated rings. The highest BCUT2D eigenvalue weighted by atomic mass is 19.1. The minimum absolute atomic E-state index is 0.291. The first-order valence-corrected chi connectivity index (χ1v) is 6.66. The zero-order chi connectivity index (χ0) is 14.4. The van der Waals surface area contributed by atoms with Crippen molar-refractivity contribution in [3.8, 4) is 0 Å². The quantitative estimate of drug-likeness (QED) is 0.519. The van der Waals surface area contributed by atoms with Crippen LogP contribution in [-0.4, -0.2) is 25.5 Å². The van der Waals surface area contributed by atoms with Gasteiger partial charge in [0.15, 0.2) is 0 Å². The Morgan fingerprint density at radius 3 is 2.70 bits per heavy atom. The summed E-state index contributed by atoms with van der Waals surface area (Å²) in [6.07, 6.45) is 2.76. The third-order valence-electron chi connectivity index (χ3n) is 3.36. The molecule has 3 amide bonds. The van der Waals surface area contributed by atoms with Crippen LogP contribution in [0.25, 0.3) is 0 Å². The van der Waals surface area contributed by atoms with E-state index in [1.165, 1.54) is 6.07 Å². The third-order valence-corrected chi connectivity index (χ3v) is 3.36. The molecule has 0 saturated heterocycles. The van der Waals surface area contributed by atoms with E-state index >= 15 is 0 Å². The Kier molecular flexibility index (Phi) is 4.55. The van der Waals surface area contributed by atoms with Gasteiger partial charge in [0.1, 0.15) is 5.82 Å². The van der Waals surface area contributed by atoms with E-state index in [1.807, 2.05) is 0 Å². The van der Waals surface area contributed by atoms with Crippen LogP contribution in [0.3, 0.4) is 0 Å². The molecule has 0 atom stereocenters. The summed E-state index contributed by atoms with van der Waals surface area (Å²) in [4.78, 5) is 21.8. The van der Waals surface area contributed by atoms with E-state index in [4.69, 9.17) is 0 Å². The van der Waals surface area contributed by atoms with E-state index in [0.29, 0.717) is 31.5 Å². The second kappa shape index (κ2) is 6.36. The molecule has 0 aliphatic heterocycles. The Bertz CT molecular complexity index is 489. The second-order valence-corrected chi connectivity index (χ2v) is 4.87. The molecule has 0 spiro atoms. The number of hydrogen-bond acceptors (Lipinski definition) is 2. The van der Waals surface area contributed by atoms with Crippen molar-refractivity contribution in [2.75, 3.05) is 13.1 Å². The molecule has 2 rings (SSSR count). The van der Waals surface area contributed by atoms with Gasteiger partial charge in [-0.05, 0) is 25.3 Å². The maximum atomic E-state index is 13.8. The number of carbonyl (C=O) groups excluding carboxylic acids is 2. The van der Waals surface area contributed by atoms with Gasteiger partial charge in [-0.1, -0.05) is 18.2 Å². The number of urea groups is 1. The Hall–Kier alpha value is -2.11. The number of nitrogens with one attached hydrogen (secondary N) is 3. The fourth-order valence-electron chi connectivity index (χ4n) is 2.15. The average molecular weight is 279 g/mol. The van der Waals surface area contributed by atoms with Crippen molar-refractivity contribution in [3.63, 3.8) is 0 Å². The Balaban J connectivity index is 1.82. The first-order chi connectivity index (χ1) is 9.68. The summed E-state index contributed by atoms with van der Waals surface area (Å²) >= 11 is 0. The number of halogens is 1. The molecule has 1 aromatic rings. The van der Waals surface area contributed by atoms with E-state index < -0.39 is 5.54 Å². The summed E-state index contributed by atoms with van der Waals surface area (Å²) in [5.41, 5.74) is -0.0195. The fourth-order valence-corrected chi connectivity index (χ4v) is 2.15. The molecular weight excluding hydrogens is 261 g/mol. The molecular formula is C14H18FN3O2. The van der Waals surface area contributed by atoms with Gasteiger partial charge in [-0.3, -0.25) is 4.79 Å². The fraction of sp³-hybridized carbons (Fsp3) is 0.429. The van der Waals surface area contributed by atoms with Crippen molar-refractivity contribution in [2.24, 2.45) is 0 Å². The van der Waals surface area contributed by atoms with E-state index in [1.54, 1.807) is 18.2 Å². The van der Waals surface area contributed by atoms with Crippen LogP contribution in [-0.2, 0) is 10.3 Å².